The fraction of sp³-hybridized carbons (Fsp3) is 1.00. The van der Waals surface area contributed by atoms with E-state index in [0.717, 1.165) is 0 Å². The Morgan fingerprint density at radius 1 is 1.06 bits per heavy atom. The molecular weight excluding hydrogens is 220 g/mol. The van der Waals surface area contributed by atoms with Crippen LogP contribution in [0.4, 0.5) is 0 Å². The first-order chi connectivity index (χ1) is 8.66. The molecule has 0 aromatic heterocycles. The van der Waals surface area contributed by atoms with Crippen LogP contribution in [-0.2, 0) is 0 Å². The van der Waals surface area contributed by atoms with E-state index >= 15 is 0 Å². The second kappa shape index (κ2) is 13.4. The number of hydrogen-bond acceptors (Lipinski definition) is 2. The van der Waals surface area contributed by atoms with Gasteiger partial charge in [0.1, 0.15) is 0 Å². The molecule has 1 fully saturated rings. The molecule has 0 bridgehead atoms. The zero-order chi connectivity index (χ0) is 14.4. The van der Waals surface area contributed by atoms with Crippen LogP contribution in [0, 0.1) is 5.41 Å². The van der Waals surface area contributed by atoms with E-state index in [1.54, 1.807) is 0 Å². The minimum atomic E-state index is 0.556. The Balaban J connectivity index is 0. The first-order valence-electron chi connectivity index (χ1n) is 8.05. The molecule has 18 heavy (non-hydrogen) atoms. The summed E-state index contributed by atoms with van der Waals surface area (Å²) in [6.07, 6.45) is 5.31. The lowest BCUT2D eigenvalue weighted by Gasteiger charge is -2.38. The van der Waals surface area contributed by atoms with Gasteiger partial charge in [0, 0.05) is 6.54 Å². The molecule has 0 saturated carbocycles. The van der Waals surface area contributed by atoms with Crippen molar-refractivity contribution in [3.05, 3.63) is 0 Å². The van der Waals surface area contributed by atoms with Crippen LogP contribution in [0.3, 0.4) is 0 Å². The van der Waals surface area contributed by atoms with E-state index in [1.807, 2.05) is 27.7 Å². The van der Waals surface area contributed by atoms with E-state index < -0.39 is 0 Å². The molecule has 0 atom stereocenters. The standard InChI is InChI=1S/C12H26N2.2C2H6/c1-4-5-8-13-11-12(2)6-9-14(3)10-7-12;2*1-2/h13H,4-11H2,1-3H3;2*1-2H3. The largest absolute Gasteiger partial charge is 0.316 e. The number of rotatable bonds is 5. The summed E-state index contributed by atoms with van der Waals surface area (Å²) >= 11 is 0. The molecule has 0 aromatic rings. The van der Waals surface area contributed by atoms with E-state index in [9.17, 15) is 0 Å². The number of unbranched alkanes of at least 4 members (excludes halogenated alkanes) is 1. The highest BCUT2D eigenvalue weighted by Crippen LogP contribution is 2.29. The van der Waals surface area contributed by atoms with Crippen LogP contribution < -0.4 is 5.32 Å². The van der Waals surface area contributed by atoms with E-state index in [2.05, 4.69) is 31.1 Å². The Morgan fingerprint density at radius 3 is 2.00 bits per heavy atom. The van der Waals surface area contributed by atoms with E-state index in [1.165, 1.54) is 51.9 Å². The van der Waals surface area contributed by atoms with Crippen LogP contribution in [0.2, 0.25) is 0 Å². The number of hydrogen-bond donors (Lipinski definition) is 1. The maximum Gasteiger partial charge on any atom is 0.000612 e. The zero-order valence-electron chi connectivity index (χ0n) is 14.1. The van der Waals surface area contributed by atoms with Crippen molar-refractivity contribution in [3.63, 3.8) is 0 Å². The van der Waals surface area contributed by atoms with Gasteiger partial charge in [-0.05, 0) is 51.4 Å². The summed E-state index contributed by atoms with van der Waals surface area (Å²) in [5.41, 5.74) is 0.556. The zero-order valence-corrected chi connectivity index (χ0v) is 14.1. The lowest BCUT2D eigenvalue weighted by molar-refractivity contribution is 0.137. The average Bonchev–Trinajstić information content (AvgIpc) is 2.43. The summed E-state index contributed by atoms with van der Waals surface area (Å²) in [5.74, 6) is 0. The van der Waals surface area contributed by atoms with Gasteiger partial charge >= 0.3 is 0 Å². The third-order valence-electron chi connectivity index (χ3n) is 3.45. The molecule has 112 valence electrons. The van der Waals surface area contributed by atoms with Crippen LogP contribution in [0.25, 0.3) is 0 Å². The molecule has 0 unspecified atom stereocenters. The van der Waals surface area contributed by atoms with E-state index in [-0.39, 0.29) is 0 Å². The molecule has 1 rings (SSSR count). The lowest BCUT2D eigenvalue weighted by atomic mass is 9.80. The molecule has 2 heteroatoms. The van der Waals surface area contributed by atoms with E-state index in [0.29, 0.717) is 5.41 Å². The van der Waals surface area contributed by atoms with E-state index in [4.69, 9.17) is 0 Å². The molecule has 0 spiro atoms. The van der Waals surface area contributed by atoms with Crippen molar-refractivity contribution in [2.75, 3.05) is 33.2 Å². The summed E-state index contributed by atoms with van der Waals surface area (Å²) in [5, 5.41) is 3.59. The Hall–Kier alpha value is -0.0800. The molecule has 1 saturated heterocycles. The third-order valence-corrected chi connectivity index (χ3v) is 3.45. The van der Waals surface area contributed by atoms with Crippen molar-refractivity contribution in [2.45, 2.75) is 67.2 Å². The summed E-state index contributed by atoms with van der Waals surface area (Å²) in [6.45, 7) is 17.6. The quantitative estimate of drug-likeness (QED) is 0.745. The van der Waals surface area contributed by atoms with Crippen molar-refractivity contribution in [1.82, 2.24) is 10.2 Å². The first-order valence-corrected chi connectivity index (χ1v) is 8.05. The minimum absolute atomic E-state index is 0.556. The topological polar surface area (TPSA) is 15.3 Å². The Morgan fingerprint density at radius 2 is 1.56 bits per heavy atom. The minimum Gasteiger partial charge on any atom is -0.316 e. The molecule has 0 amide bonds. The maximum atomic E-state index is 3.59. The molecule has 1 aliphatic rings. The molecule has 0 radical (unpaired) electrons. The predicted molar refractivity (Wildman–Crippen MR) is 85.3 cm³/mol. The highest BCUT2D eigenvalue weighted by atomic mass is 15.1. The fourth-order valence-electron chi connectivity index (χ4n) is 2.03. The van der Waals surface area contributed by atoms with Gasteiger partial charge in [0.25, 0.3) is 0 Å². The predicted octanol–water partition coefficient (Wildman–Crippen LogP) is 4.16. The summed E-state index contributed by atoms with van der Waals surface area (Å²) in [6, 6.07) is 0. The Kier molecular flexibility index (Phi) is 15.0. The van der Waals surface area contributed by atoms with Crippen molar-refractivity contribution in [2.24, 2.45) is 5.41 Å². The average molecular weight is 258 g/mol. The molecule has 1 heterocycles. The fourth-order valence-corrected chi connectivity index (χ4v) is 2.03. The van der Waals surface area contributed by atoms with Gasteiger partial charge in [-0.15, -0.1) is 0 Å². The number of nitrogens with zero attached hydrogens (tertiary/aromatic N) is 1. The maximum absolute atomic E-state index is 3.59. The second-order valence-electron chi connectivity index (χ2n) is 5.14. The Bertz CT molecular complexity index is 149. The van der Waals surface area contributed by atoms with Crippen molar-refractivity contribution in [1.29, 1.82) is 0 Å². The lowest BCUT2D eigenvalue weighted by Crippen LogP contribution is -2.42. The molecule has 0 aromatic carbocycles. The van der Waals surface area contributed by atoms with Gasteiger partial charge in [0.2, 0.25) is 0 Å². The normalized spacial score (nSPS) is 18.2. The van der Waals surface area contributed by atoms with Gasteiger partial charge in [0.05, 0.1) is 0 Å². The van der Waals surface area contributed by atoms with Crippen LogP contribution in [0.15, 0.2) is 0 Å². The van der Waals surface area contributed by atoms with Crippen LogP contribution in [-0.4, -0.2) is 38.1 Å². The van der Waals surface area contributed by atoms with Crippen LogP contribution >= 0.6 is 0 Å². The van der Waals surface area contributed by atoms with Gasteiger partial charge in [-0.25, -0.2) is 0 Å². The summed E-state index contributed by atoms with van der Waals surface area (Å²) < 4.78 is 0. The number of nitrogens with one attached hydrogen (secondary N) is 1. The first kappa shape index (κ1) is 20.2. The second-order valence-corrected chi connectivity index (χ2v) is 5.14. The molecular formula is C16H38N2. The number of likely N-dealkylation sites (tertiary alicyclic amines) is 1. The Labute approximate surface area is 117 Å². The summed E-state index contributed by atoms with van der Waals surface area (Å²) in [7, 11) is 2.23. The summed E-state index contributed by atoms with van der Waals surface area (Å²) in [4.78, 5) is 2.44. The SMILES string of the molecule is CC.CC.CCCCNCC1(C)CCN(C)CC1. The highest BCUT2D eigenvalue weighted by Gasteiger charge is 2.27. The van der Waals surface area contributed by atoms with Crippen LogP contribution in [0.1, 0.15) is 67.2 Å². The van der Waals surface area contributed by atoms with Gasteiger partial charge in [0.15, 0.2) is 0 Å². The van der Waals surface area contributed by atoms with Crippen molar-refractivity contribution < 1.29 is 0 Å². The molecule has 1 aliphatic heterocycles. The highest BCUT2D eigenvalue weighted by molar-refractivity contribution is 4.82. The molecule has 2 nitrogen and oxygen atoms in total. The van der Waals surface area contributed by atoms with Gasteiger partial charge < -0.3 is 10.2 Å². The van der Waals surface area contributed by atoms with Gasteiger partial charge in [-0.3, -0.25) is 0 Å². The monoisotopic (exact) mass is 258 g/mol. The smallest absolute Gasteiger partial charge is 0.000612 e. The van der Waals surface area contributed by atoms with Crippen molar-refractivity contribution in [3.8, 4) is 0 Å². The molecule has 1 N–H and O–H groups in total. The number of piperidine rings is 1. The molecule has 0 aliphatic carbocycles. The van der Waals surface area contributed by atoms with Crippen molar-refractivity contribution >= 4 is 0 Å². The van der Waals surface area contributed by atoms with Crippen LogP contribution in [0.5, 0.6) is 0 Å². The third kappa shape index (κ3) is 9.90. The van der Waals surface area contributed by atoms with Gasteiger partial charge in [-0.2, -0.15) is 0 Å². The van der Waals surface area contributed by atoms with Gasteiger partial charge in [-0.1, -0.05) is 48.0 Å².